The molecule has 45 heavy (non-hydrogen) atoms. The van der Waals surface area contributed by atoms with Gasteiger partial charge in [0.2, 0.25) is 0 Å². The zero-order chi connectivity index (χ0) is 41.1. The molecule has 0 radical (unpaired) electrons. The van der Waals surface area contributed by atoms with Crippen LogP contribution < -0.4 is 0 Å². The smallest absolute Gasteiger partial charge is 0.0972 e. The molecule has 3 aromatic heterocycles. The highest BCUT2D eigenvalue weighted by atomic mass is 32.1. The summed E-state index contributed by atoms with van der Waals surface area (Å²) in [6.07, 6.45) is 1.72. The van der Waals surface area contributed by atoms with Gasteiger partial charge in [-0.25, -0.2) is 4.98 Å². The van der Waals surface area contributed by atoms with Crippen LogP contribution in [0.15, 0.2) is 158 Å². The van der Waals surface area contributed by atoms with Crippen LogP contribution in [0, 0.1) is 0 Å². The minimum Gasteiger partial charge on any atom is -0.254 e. The average Bonchev–Trinajstić information content (AvgIpc) is 3.52. The Labute approximate surface area is 283 Å². The van der Waals surface area contributed by atoms with Crippen molar-refractivity contribution in [2.45, 2.75) is 0 Å². The lowest BCUT2D eigenvalue weighted by Crippen LogP contribution is -1.91. The van der Waals surface area contributed by atoms with Gasteiger partial charge in [0.05, 0.1) is 34.5 Å². The average molecular weight is 604 g/mol. The Morgan fingerprint density at radius 1 is 0.489 bits per heavy atom. The Kier molecular flexibility index (Phi) is 3.71. The lowest BCUT2D eigenvalue weighted by atomic mass is 9.92. The Balaban J connectivity index is 1.27. The zero-order valence-electron chi connectivity index (χ0n) is 36.3. The molecule has 0 fully saturated rings. The SMILES string of the molecule is [2H]c1c(-c2c([2H])c([2H])c([2H])c(-c3ccc(-c4ccc5ccc6cccnc6c5n4)c4ccccc34)c2[2H])sc(-c2c([2H])c([2H])c([2H])c3c([2H])c([2H])c([2H])c([2H])c23)c1[2H]. The van der Waals surface area contributed by atoms with Crippen LogP contribution in [0.4, 0.5) is 0 Å². The quantitative estimate of drug-likeness (QED) is 0.187. The van der Waals surface area contributed by atoms with E-state index in [0.29, 0.717) is 16.6 Å². The van der Waals surface area contributed by atoms with Crippen molar-refractivity contribution in [2.24, 2.45) is 0 Å². The summed E-state index contributed by atoms with van der Waals surface area (Å²) in [6.45, 7) is 0. The summed E-state index contributed by atoms with van der Waals surface area (Å²) >= 11 is 0.722. The van der Waals surface area contributed by atoms with Gasteiger partial charge >= 0.3 is 0 Å². The first-order valence-corrected chi connectivity index (χ1v) is 14.9. The predicted octanol–water partition coefficient (Wildman–Crippen LogP) is 11.8. The number of benzene rings is 6. The number of aromatic nitrogens is 2. The van der Waals surface area contributed by atoms with Crippen LogP contribution in [0.2, 0.25) is 0 Å². The van der Waals surface area contributed by atoms with E-state index in [-0.39, 0.29) is 49.3 Å². The van der Waals surface area contributed by atoms with E-state index in [9.17, 15) is 1.37 Å². The highest BCUT2D eigenvalue weighted by Crippen LogP contribution is 2.40. The first-order valence-electron chi connectivity index (χ1n) is 20.6. The molecule has 0 amide bonds. The molecule has 0 saturated carbocycles. The van der Waals surface area contributed by atoms with Crippen molar-refractivity contribution in [2.75, 3.05) is 0 Å². The molecule has 0 saturated heterocycles. The van der Waals surface area contributed by atoms with E-state index < -0.39 is 66.5 Å². The third kappa shape index (κ3) is 4.40. The number of fused-ring (bicyclic) bond motifs is 5. The van der Waals surface area contributed by atoms with Gasteiger partial charge in [-0.3, -0.25) is 4.98 Å². The third-order valence-electron chi connectivity index (χ3n) is 7.79. The van der Waals surface area contributed by atoms with Crippen molar-refractivity contribution in [3.05, 3.63) is 158 Å². The van der Waals surface area contributed by atoms with Crippen LogP contribution in [0.1, 0.15) is 17.8 Å². The first-order chi connectivity index (χ1) is 27.7. The molecule has 0 unspecified atom stereocenters. The molecule has 210 valence electrons. The molecule has 0 aliphatic rings. The van der Waals surface area contributed by atoms with Gasteiger partial charge in [0.1, 0.15) is 0 Å². The summed E-state index contributed by atoms with van der Waals surface area (Å²) in [7, 11) is 0. The molecule has 9 rings (SSSR count). The fourth-order valence-corrected chi connectivity index (χ4v) is 6.55. The van der Waals surface area contributed by atoms with Crippen LogP contribution in [0.3, 0.4) is 0 Å². The first kappa shape index (κ1) is 15.9. The van der Waals surface area contributed by atoms with Crippen molar-refractivity contribution in [3.63, 3.8) is 0 Å². The van der Waals surface area contributed by atoms with Gasteiger partial charge in [0.25, 0.3) is 0 Å². The third-order valence-corrected chi connectivity index (χ3v) is 8.81. The Morgan fingerprint density at radius 3 is 2.16 bits per heavy atom. The number of hydrogen-bond donors (Lipinski definition) is 0. The second-order valence-electron chi connectivity index (χ2n) is 10.4. The summed E-state index contributed by atoms with van der Waals surface area (Å²) in [5.41, 5.74) is 2.94. The molecule has 0 aliphatic heterocycles. The van der Waals surface area contributed by atoms with Crippen LogP contribution in [-0.4, -0.2) is 9.97 Å². The standard InChI is InChI=1S/C42H26N2S/c1-2-13-32-27(8-1)9-6-16-37(32)40-24-23-39(45-40)31-11-5-10-30(26-31)33-20-21-36(35-15-4-3-14-34(33)35)38-22-19-29-18-17-28-12-7-25-43-41(28)42(29)44-38/h1-26H/i1D,2D,5D,6D,8D,9D,10D,11D,13D,16D,23D,24D,26D. The van der Waals surface area contributed by atoms with Gasteiger partial charge in [-0.15, -0.1) is 11.3 Å². The molecular weight excluding hydrogens is 565 g/mol. The fraction of sp³-hybridized carbons (Fsp3) is 0. The second kappa shape index (κ2) is 10.5. The van der Waals surface area contributed by atoms with Crippen molar-refractivity contribution in [3.8, 4) is 43.3 Å². The van der Waals surface area contributed by atoms with E-state index in [2.05, 4.69) is 4.98 Å². The van der Waals surface area contributed by atoms with E-state index in [0.717, 1.165) is 44.1 Å². The number of nitrogens with zero attached hydrogens (tertiary/aromatic N) is 2. The minimum absolute atomic E-state index is 0.0223. The highest BCUT2D eigenvalue weighted by Gasteiger charge is 2.14. The summed E-state index contributed by atoms with van der Waals surface area (Å²) < 4.78 is 114. The summed E-state index contributed by atoms with van der Waals surface area (Å²) in [5.74, 6) is 0. The lowest BCUT2D eigenvalue weighted by Gasteiger charge is -2.13. The van der Waals surface area contributed by atoms with Crippen molar-refractivity contribution < 1.29 is 17.8 Å². The van der Waals surface area contributed by atoms with E-state index in [1.54, 1.807) is 12.3 Å². The van der Waals surface area contributed by atoms with Crippen LogP contribution in [-0.2, 0) is 0 Å². The summed E-state index contributed by atoms with van der Waals surface area (Å²) in [4.78, 5) is 9.39. The molecular formula is C42H26N2S. The van der Waals surface area contributed by atoms with Gasteiger partial charge in [-0.05, 0) is 74.1 Å². The lowest BCUT2D eigenvalue weighted by molar-refractivity contribution is 1.37. The van der Waals surface area contributed by atoms with E-state index in [1.165, 1.54) is 0 Å². The Bertz CT molecular complexity index is 3280. The van der Waals surface area contributed by atoms with Crippen LogP contribution >= 0.6 is 11.3 Å². The monoisotopic (exact) mass is 603 g/mol. The Hall–Kier alpha value is -5.64. The molecule has 9 aromatic rings. The summed E-state index contributed by atoms with van der Waals surface area (Å²) in [6, 6.07) is 15.8. The fourth-order valence-electron chi connectivity index (χ4n) is 5.68. The molecule has 0 spiro atoms. The molecule has 2 nitrogen and oxygen atoms in total. The number of thiophene rings is 1. The maximum atomic E-state index is 9.52. The Morgan fingerprint density at radius 2 is 1.22 bits per heavy atom. The van der Waals surface area contributed by atoms with Crippen molar-refractivity contribution >= 4 is 54.7 Å². The number of pyridine rings is 2. The maximum absolute atomic E-state index is 9.52. The van der Waals surface area contributed by atoms with E-state index in [1.807, 2.05) is 66.7 Å². The van der Waals surface area contributed by atoms with Crippen LogP contribution in [0.25, 0.3) is 86.6 Å². The van der Waals surface area contributed by atoms with Gasteiger partial charge in [0.15, 0.2) is 0 Å². The van der Waals surface area contributed by atoms with Crippen molar-refractivity contribution in [1.29, 1.82) is 0 Å². The summed E-state index contributed by atoms with van der Waals surface area (Å²) in [5, 5.41) is 2.70. The second-order valence-corrected chi connectivity index (χ2v) is 11.4. The van der Waals surface area contributed by atoms with E-state index in [4.69, 9.17) is 21.4 Å². The predicted molar refractivity (Wildman–Crippen MR) is 192 cm³/mol. The highest BCUT2D eigenvalue weighted by molar-refractivity contribution is 7.18. The molecule has 6 aromatic carbocycles. The maximum Gasteiger partial charge on any atom is 0.0972 e. The molecule has 0 N–H and O–H groups in total. The molecule has 0 atom stereocenters. The van der Waals surface area contributed by atoms with Gasteiger partial charge in [-0.1, -0.05) is 121 Å². The minimum atomic E-state index is -0.638. The topological polar surface area (TPSA) is 25.8 Å². The van der Waals surface area contributed by atoms with Crippen LogP contribution in [0.5, 0.6) is 0 Å². The van der Waals surface area contributed by atoms with E-state index >= 15 is 0 Å². The van der Waals surface area contributed by atoms with Gasteiger partial charge in [0, 0.05) is 32.3 Å². The van der Waals surface area contributed by atoms with Crippen molar-refractivity contribution in [1.82, 2.24) is 9.97 Å². The molecule has 0 bridgehead atoms. The normalized spacial score (nSPS) is 15.6. The number of rotatable bonds is 4. The molecule has 3 heteroatoms. The molecule has 3 heterocycles. The largest absolute Gasteiger partial charge is 0.254 e. The number of hydrogen-bond acceptors (Lipinski definition) is 3. The van der Waals surface area contributed by atoms with Gasteiger partial charge in [-0.2, -0.15) is 0 Å². The molecule has 0 aliphatic carbocycles. The zero-order valence-corrected chi connectivity index (χ0v) is 24.1. The van der Waals surface area contributed by atoms with Gasteiger partial charge < -0.3 is 0 Å².